The van der Waals surface area contributed by atoms with Crippen molar-refractivity contribution in [2.75, 3.05) is 32.4 Å². The predicted molar refractivity (Wildman–Crippen MR) is 75.5 cm³/mol. The van der Waals surface area contributed by atoms with E-state index in [9.17, 15) is 4.79 Å². The van der Waals surface area contributed by atoms with Crippen molar-refractivity contribution in [1.29, 1.82) is 0 Å². The van der Waals surface area contributed by atoms with Crippen LogP contribution in [0.15, 0.2) is 12.1 Å². The minimum Gasteiger partial charge on any atom is -0.382 e. The summed E-state index contributed by atoms with van der Waals surface area (Å²) in [5.41, 5.74) is 4.13. The lowest BCUT2D eigenvalue weighted by molar-refractivity contribution is 0.0650. The summed E-state index contributed by atoms with van der Waals surface area (Å²) in [4.78, 5) is 11.7. The molecule has 0 radical (unpaired) electrons. The Morgan fingerprint density at radius 3 is 2.37 bits per heavy atom. The van der Waals surface area contributed by atoms with Crippen LogP contribution in [0.5, 0.6) is 0 Å². The van der Waals surface area contributed by atoms with Crippen molar-refractivity contribution >= 4 is 11.7 Å². The van der Waals surface area contributed by atoms with Crippen molar-refractivity contribution in [3.05, 3.63) is 28.8 Å². The third kappa shape index (κ3) is 5.28. The first-order valence-corrected chi connectivity index (χ1v) is 6.24. The molecule has 5 heteroatoms. The highest BCUT2D eigenvalue weighted by atomic mass is 16.5. The molecule has 1 rings (SSSR count). The van der Waals surface area contributed by atoms with E-state index in [-0.39, 0.29) is 12.8 Å². The summed E-state index contributed by atoms with van der Waals surface area (Å²) in [6, 6.07) is 3.81. The van der Waals surface area contributed by atoms with Crippen LogP contribution in [0, 0.1) is 20.8 Å². The van der Waals surface area contributed by atoms with E-state index in [0.717, 1.165) is 16.8 Å². The SMILES string of the molecule is COCCOCNC(=O)Nc1c(C)cc(C)cc1C. The zero-order valence-electron chi connectivity index (χ0n) is 12.0. The van der Waals surface area contributed by atoms with Gasteiger partial charge in [0.1, 0.15) is 6.73 Å². The van der Waals surface area contributed by atoms with Crippen LogP contribution < -0.4 is 10.6 Å². The van der Waals surface area contributed by atoms with Crippen molar-refractivity contribution in [2.45, 2.75) is 20.8 Å². The third-order valence-electron chi connectivity index (χ3n) is 2.68. The Balaban J connectivity index is 2.44. The fraction of sp³-hybridized carbons (Fsp3) is 0.500. The van der Waals surface area contributed by atoms with Gasteiger partial charge >= 0.3 is 6.03 Å². The molecule has 0 aliphatic carbocycles. The van der Waals surface area contributed by atoms with Gasteiger partial charge in [-0.15, -0.1) is 0 Å². The van der Waals surface area contributed by atoms with E-state index in [4.69, 9.17) is 9.47 Å². The molecule has 19 heavy (non-hydrogen) atoms. The third-order valence-corrected chi connectivity index (χ3v) is 2.68. The number of rotatable bonds is 6. The van der Waals surface area contributed by atoms with Crippen LogP contribution in [-0.2, 0) is 9.47 Å². The van der Waals surface area contributed by atoms with Crippen LogP contribution in [0.4, 0.5) is 10.5 Å². The Morgan fingerprint density at radius 1 is 1.16 bits per heavy atom. The molecule has 0 aliphatic rings. The molecule has 0 unspecified atom stereocenters. The van der Waals surface area contributed by atoms with Gasteiger partial charge in [-0.3, -0.25) is 0 Å². The summed E-state index contributed by atoms with van der Waals surface area (Å²) in [7, 11) is 1.60. The highest BCUT2D eigenvalue weighted by Gasteiger charge is 2.07. The lowest BCUT2D eigenvalue weighted by Crippen LogP contribution is -2.31. The quantitative estimate of drug-likeness (QED) is 0.614. The standard InChI is InChI=1S/C14H22N2O3/c1-10-7-11(2)13(12(3)8-10)16-14(17)15-9-19-6-5-18-4/h7-8H,5-6,9H2,1-4H3,(H2,15,16,17). The van der Waals surface area contributed by atoms with Crippen LogP contribution in [0.2, 0.25) is 0 Å². The van der Waals surface area contributed by atoms with E-state index in [1.807, 2.05) is 32.9 Å². The Hall–Kier alpha value is -1.59. The number of nitrogens with one attached hydrogen (secondary N) is 2. The van der Waals surface area contributed by atoms with E-state index < -0.39 is 0 Å². The lowest BCUT2D eigenvalue weighted by atomic mass is 10.1. The first-order chi connectivity index (χ1) is 9.04. The maximum Gasteiger partial charge on any atom is 0.321 e. The summed E-state index contributed by atoms with van der Waals surface area (Å²) in [5.74, 6) is 0. The summed E-state index contributed by atoms with van der Waals surface area (Å²) in [6.07, 6.45) is 0. The number of aryl methyl sites for hydroxylation is 3. The monoisotopic (exact) mass is 266 g/mol. The Kier molecular flexibility index (Phi) is 6.32. The molecule has 2 N–H and O–H groups in total. The molecule has 106 valence electrons. The first-order valence-electron chi connectivity index (χ1n) is 6.24. The van der Waals surface area contributed by atoms with Gasteiger partial charge in [-0.1, -0.05) is 17.7 Å². The molecule has 0 heterocycles. The molecule has 0 aromatic heterocycles. The van der Waals surface area contributed by atoms with Gasteiger partial charge in [0.05, 0.1) is 13.2 Å². The Bertz CT molecular complexity index is 410. The number of benzene rings is 1. The smallest absolute Gasteiger partial charge is 0.321 e. The number of carbonyl (C=O) groups is 1. The van der Waals surface area contributed by atoms with Crippen LogP contribution in [-0.4, -0.2) is 33.1 Å². The number of methoxy groups -OCH3 is 1. The Labute approximate surface area is 114 Å². The number of urea groups is 1. The minimum atomic E-state index is -0.271. The average Bonchev–Trinajstić information content (AvgIpc) is 2.33. The van der Waals surface area contributed by atoms with Crippen LogP contribution in [0.1, 0.15) is 16.7 Å². The van der Waals surface area contributed by atoms with E-state index >= 15 is 0 Å². The van der Waals surface area contributed by atoms with Gasteiger partial charge in [-0.25, -0.2) is 4.79 Å². The normalized spacial score (nSPS) is 10.3. The van der Waals surface area contributed by atoms with E-state index in [0.29, 0.717) is 13.2 Å². The maximum atomic E-state index is 11.7. The molecule has 1 aromatic rings. The van der Waals surface area contributed by atoms with Gasteiger partial charge in [0, 0.05) is 12.8 Å². The number of hydrogen-bond acceptors (Lipinski definition) is 3. The van der Waals surface area contributed by atoms with Gasteiger partial charge in [-0.2, -0.15) is 0 Å². The second kappa shape index (κ2) is 7.76. The summed E-state index contributed by atoms with van der Waals surface area (Å²) in [6.45, 7) is 7.13. The molecule has 0 aliphatic heterocycles. The molecule has 0 saturated carbocycles. The molecular weight excluding hydrogens is 244 g/mol. The zero-order valence-corrected chi connectivity index (χ0v) is 12.0. The topological polar surface area (TPSA) is 59.6 Å². The Morgan fingerprint density at radius 2 is 1.79 bits per heavy atom. The second-order valence-electron chi connectivity index (χ2n) is 4.45. The zero-order chi connectivity index (χ0) is 14.3. The number of ether oxygens (including phenoxy) is 2. The molecular formula is C14H22N2O3. The van der Waals surface area contributed by atoms with Gasteiger partial charge in [0.15, 0.2) is 0 Å². The van der Waals surface area contributed by atoms with Gasteiger partial charge < -0.3 is 20.1 Å². The lowest BCUT2D eigenvalue weighted by Gasteiger charge is -2.13. The first kappa shape index (κ1) is 15.5. The molecule has 1 aromatic carbocycles. The number of amides is 2. The highest BCUT2D eigenvalue weighted by Crippen LogP contribution is 2.21. The predicted octanol–water partition coefficient (Wildman–Crippen LogP) is 2.35. The van der Waals surface area contributed by atoms with Crippen molar-refractivity contribution in [3.63, 3.8) is 0 Å². The summed E-state index contributed by atoms with van der Waals surface area (Å²) < 4.78 is 10.00. The second-order valence-corrected chi connectivity index (χ2v) is 4.45. The largest absolute Gasteiger partial charge is 0.382 e. The van der Waals surface area contributed by atoms with E-state index in [2.05, 4.69) is 10.6 Å². The summed E-state index contributed by atoms with van der Waals surface area (Å²) in [5, 5.41) is 5.47. The average molecular weight is 266 g/mol. The van der Waals surface area contributed by atoms with Crippen LogP contribution >= 0.6 is 0 Å². The molecule has 0 fully saturated rings. The molecule has 0 bridgehead atoms. The van der Waals surface area contributed by atoms with Crippen molar-refractivity contribution in [1.82, 2.24) is 5.32 Å². The van der Waals surface area contributed by atoms with Gasteiger partial charge in [0.2, 0.25) is 0 Å². The number of carbonyl (C=O) groups excluding carboxylic acids is 1. The fourth-order valence-corrected chi connectivity index (χ4v) is 1.87. The van der Waals surface area contributed by atoms with Gasteiger partial charge in [-0.05, 0) is 31.9 Å². The van der Waals surface area contributed by atoms with E-state index in [1.165, 1.54) is 5.56 Å². The van der Waals surface area contributed by atoms with Crippen molar-refractivity contribution in [3.8, 4) is 0 Å². The summed E-state index contributed by atoms with van der Waals surface area (Å²) >= 11 is 0. The van der Waals surface area contributed by atoms with E-state index in [1.54, 1.807) is 7.11 Å². The van der Waals surface area contributed by atoms with Crippen molar-refractivity contribution in [2.24, 2.45) is 0 Å². The van der Waals surface area contributed by atoms with Crippen molar-refractivity contribution < 1.29 is 14.3 Å². The number of anilines is 1. The minimum absolute atomic E-state index is 0.166. The number of hydrogen-bond donors (Lipinski definition) is 2. The molecule has 0 saturated heterocycles. The fourth-order valence-electron chi connectivity index (χ4n) is 1.87. The van der Waals surface area contributed by atoms with Crippen LogP contribution in [0.25, 0.3) is 0 Å². The molecule has 0 spiro atoms. The van der Waals surface area contributed by atoms with Crippen LogP contribution in [0.3, 0.4) is 0 Å². The molecule has 2 amide bonds. The molecule has 5 nitrogen and oxygen atoms in total. The highest BCUT2D eigenvalue weighted by molar-refractivity contribution is 5.90. The molecule has 0 atom stereocenters. The maximum absolute atomic E-state index is 11.7. The van der Waals surface area contributed by atoms with Gasteiger partial charge in [0.25, 0.3) is 0 Å².